The SMILES string of the molecule is COC(=O)C(C(=O)OC)c1ccc(Cl)cc1-n1cccn1. The molecule has 1 aromatic carbocycles. The van der Waals surface area contributed by atoms with Crippen LogP contribution in [0.15, 0.2) is 36.7 Å². The van der Waals surface area contributed by atoms with E-state index in [0.717, 1.165) is 0 Å². The highest BCUT2D eigenvalue weighted by Gasteiger charge is 2.33. The average molecular weight is 309 g/mol. The molecule has 0 bridgehead atoms. The number of hydrogen-bond donors (Lipinski definition) is 0. The first kappa shape index (κ1) is 15.1. The highest BCUT2D eigenvalue weighted by atomic mass is 35.5. The van der Waals surface area contributed by atoms with Gasteiger partial charge in [0, 0.05) is 23.0 Å². The zero-order valence-electron chi connectivity index (χ0n) is 11.4. The summed E-state index contributed by atoms with van der Waals surface area (Å²) >= 11 is 5.99. The fourth-order valence-electron chi connectivity index (χ4n) is 1.96. The van der Waals surface area contributed by atoms with Crippen LogP contribution in [0.1, 0.15) is 11.5 Å². The molecule has 21 heavy (non-hydrogen) atoms. The minimum Gasteiger partial charge on any atom is -0.468 e. The van der Waals surface area contributed by atoms with Crippen LogP contribution < -0.4 is 0 Å². The van der Waals surface area contributed by atoms with E-state index in [2.05, 4.69) is 14.6 Å². The van der Waals surface area contributed by atoms with Crippen LogP contribution in [0.2, 0.25) is 5.02 Å². The Balaban J connectivity index is 2.60. The van der Waals surface area contributed by atoms with Gasteiger partial charge in [-0.15, -0.1) is 0 Å². The monoisotopic (exact) mass is 308 g/mol. The Morgan fingerprint density at radius 1 is 1.24 bits per heavy atom. The molecule has 1 heterocycles. The van der Waals surface area contributed by atoms with Crippen LogP contribution in [0.4, 0.5) is 0 Å². The topological polar surface area (TPSA) is 70.4 Å². The van der Waals surface area contributed by atoms with Gasteiger partial charge >= 0.3 is 11.9 Å². The highest BCUT2D eigenvalue weighted by Crippen LogP contribution is 2.28. The summed E-state index contributed by atoms with van der Waals surface area (Å²) in [6.07, 6.45) is 3.26. The second-order valence-corrected chi connectivity index (χ2v) is 4.57. The van der Waals surface area contributed by atoms with Crippen molar-refractivity contribution in [2.75, 3.05) is 14.2 Å². The molecule has 0 aliphatic heterocycles. The van der Waals surface area contributed by atoms with Gasteiger partial charge in [0.1, 0.15) is 0 Å². The number of benzene rings is 1. The Morgan fingerprint density at radius 2 is 1.90 bits per heavy atom. The molecule has 0 fully saturated rings. The van der Waals surface area contributed by atoms with Crippen molar-refractivity contribution in [1.29, 1.82) is 0 Å². The Hall–Kier alpha value is -2.34. The first-order valence-corrected chi connectivity index (χ1v) is 6.41. The summed E-state index contributed by atoms with van der Waals surface area (Å²) in [7, 11) is 2.42. The molecule has 2 rings (SSSR count). The van der Waals surface area contributed by atoms with E-state index in [-0.39, 0.29) is 0 Å². The minimum atomic E-state index is -1.20. The molecule has 6 nitrogen and oxygen atoms in total. The number of rotatable bonds is 4. The Morgan fingerprint density at radius 3 is 2.43 bits per heavy atom. The zero-order chi connectivity index (χ0) is 15.4. The van der Waals surface area contributed by atoms with E-state index < -0.39 is 17.9 Å². The van der Waals surface area contributed by atoms with Crippen molar-refractivity contribution in [3.8, 4) is 5.69 Å². The zero-order valence-corrected chi connectivity index (χ0v) is 12.2. The molecule has 0 saturated carbocycles. The number of aromatic nitrogens is 2. The summed E-state index contributed by atoms with van der Waals surface area (Å²) < 4.78 is 10.9. The summed E-state index contributed by atoms with van der Waals surface area (Å²) in [6, 6.07) is 6.50. The maximum absolute atomic E-state index is 11.9. The number of hydrogen-bond acceptors (Lipinski definition) is 5. The molecule has 0 atom stereocenters. The van der Waals surface area contributed by atoms with E-state index in [0.29, 0.717) is 16.3 Å². The number of ether oxygens (including phenoxy) is 2. The van der Waals surface area contributed by atoms with Crippen LogP contribution in [-0.4, -0.2) is 35.9 Å². The lowest BCUT2D eigenvalue weighted by Gasteiger charge is -2.17. The van der Waals surface area contributed by atoms with Crippen molar-refractivity contribution in [1.82, 2.24) is 9.78 Å². The largest absolute Gasteiger partial charge is 0.468 e. The van der Waals surface area contributed by atoms with Crippen molar-refractivity contribution in [2.45, 2.75) is 5.92 Å². The fraction of sp³-hybridized carbons (Fsp3) is 0.214. The van der Waals surface area contributed by atoms with Crippen molar-refractivity contribution in [3.05, 3.63) is 47.2 Å². The molecule has 7 heteroatoms. The van der Waals surface area contributed by atoms with Crippen molar-refractivity contribution >= 4 is 23.5 Å². The van der Waals surface area contributed by atoms with E-state index in [1.165, 1.54) is 18.9 Å². The van der Waals surface area contributed by atoms with Gasteiger partial charge in [0.25, 0.3) is 0 Å². The molecule has 2 aromatic rings. The minimum absolute atomic E-state index is 0.404. The van der Waals surface area contributed by atoms with Crippen molar-refractivity contribution in [3.63, 3.8) is 0 Å². The third-order valence-electron chi connectivity index (χ3n) is 2.93. The molecule has 0 saturated heterocycles. The van der Waals surface area contributed by atoms with Gasteiger partial charge in [0.15, 0.2) is 5.92 Å². The maximum Gasteiger partial charge on any atom is 0.324 e. The van der Waals surface area contributed by atoms with Crippen LogP contribution in [0.5, 0.6) is 0 Å². The standard InChI is InChI=1S/C14H13ClN2O4/c1-20-13(18)12(14(19)21-2)10-5-4-9(15)8-11(10)17-7-3-6-16-17/h3-8,12H,1-2H3. The molecule has 0 unspecified atom stereocenters. The number of carbonyl (C=O) groups excluding carboxylic acids is 2. The molecular weight excluding hydrogens is 296 g/mol. The predicted molar refractivity (Wildman–Crippen MR) is 75.3 cm³/mol. The number of esters is 2. The van der Waals surface area contributed by atoms with Crippen molar-refractivity contribution in [2.24, 2.45) is 0 Å². The molecule has 110 valence electrons. The molecule has 0 radical (unpaired) electrons. The van der Waals surface area contributed by atoms with Gasteiger partial charge in [-0.05, 0) is 18.2 Å². The number of nitrogens with zero attached hydrogens (tertiary/aromatic N) is 2. The van der Waals surface area contributed by atoms with E-state index in [4.69, 9.17) is 11.6 Å². The summed E-state index contributed by atoms with van der Waals surface area (Å²) in [6.45, 7) is 0. The van der Waals surface area contributed by atoms with Gasteiger partial charge in [-0.1, -0.05) is 17.7 Å². The van der Waals surface area contributed by atoms with Crippen LogP contribution in [0, 0.1) is 0 Å². The second-order valence-electron chi connectivity index (χ2n) is 4.13. The van der Waals surface area contributed by atoms with E-state index >= 15 is 0 Å². The lowest BCUT2D eigenvalue weighted by Crippen LogP contribution is -2.25. The van der Waals surface area contributed by atoms with E-state index in [1.807, 2.05) is 0 Å². The summed E-state index contributed by atoms with van der Waals surface area (Å²) in [4.78, 5) is 23.9. The van der Waals surface area contributed by atoms with Crippen LogP contribution >= 0.6 is 11.6 Å². The van der Waals surface area contributed by atoms with Gasteiger partial charge in [-0.25, -0.2) is 4.68 Å². The molecule has 0 spiro atoms. The van der Waals surface area contributed by atoms with Gasteiger partial charge in [-0.2, -0.15) is 5.10 Å². The first-order valence-electron chi connectivity index (χ1n) is 6.03. The maximum atomic E-state index is 11.9. The molecule has 0 aliphatic rings. The van der Waals surface area contributed by atoms with E-state index in [1.54, 1.807) is 36.7 Å². The lowest BCUT2D eigenvalue weighted by molar-refractivity contribution is -0.154. The Labute approximate surface area is 126 Å². The molecule has 1 aromatic heterocycles. The average Bonchev–Trinajstić information content (AvgIpc) is 3.02. The van der Waals surface area contributed by atoms with Crippen LogP contribution in [0.3, 0.4) is 0 Å². The second kappa shape index (κ2) is 6.41. The third kappa shape index (κ3) is 3.05. The van der Waals surface area contributed by atoms with E-state index in [9.17, 15) is 9.59 Å². The Bertz CT molecular complexity index is 639. The van der Waals surface area contributed by atoms with Gasteiger partial charge in [0.05, 0.1) is 19.9 Å². The number of halogens is 1. The fourth-order valence-corrected chi connectivity index (χ4v) is 2.12. The first-order chi connectivity index (χ1) is 10.1. The highest BCUT2D eigenvalue weighted by molar-refractivity contribution is 6.30. The number of methoxy groups -OCH3 is 2. The van der Waals surface area contributed by atoms with Crippen LogP contribution in [0.25, 0.3) is 5.69 Å². The molecular formula is C14H13ClN2O4. The van der Waals surface area contributed by atoms with Crippen LogP contribution in [-0.2, 0) is 19.1 Å². The van der Waals surface area contributed by atoms with Gasteiger partial charge in [-0.3, -0.25) is 9.59 Å². The normalized spacial score (nSPS) is 10.5. The summed E-state index contributed by atoms with van der Waals surface area (Å²) in [5.74, 6) is -2.62. The molecule has 0 N–H and O–H groups in total. The van der Waals surface area contributed by atoms with Crippen molar-refractivity contribution < 1.29 is 19.1 Å². The summed E-state index contributed by atoms with van der Waals surface area (Å²) in [5.41, 5.74) is 0.912. The third-order valence-corrected chi connectivity index (χ3v) is 3.16. The predicted octanol–water partition coefficient (Wildman–Crippen LogP) is 1.96. The summed E-state index contributed by atoms with van der Waals surface area (Å²) in [5, 5.41) is 4.55. The Kier molecular flexibility index (Phi) is 4.59. The quantitative estimate of drug-likeness (QED) is 0.638. The molecule has 0 aliphatic carbocycles. The smallest absolute Gasteiger partial charge is 0.324 e. The van der Waals surface area contributed by atoms with Gasteiger partial charge in [0.2, 0.25) is 0 Å². The molecule has 0 amide bonds. The van der Waals surface area contributed by atoms with Gasteiger partial charge < -0.3 is 9.47 Å². The number of carbonyl (C=O) groups is 2. The lowest BCUT2D eigenvalue weighted by atomic mass is 9.97.